The summed E-state index contributed by atoms with van der Waals surface area (Å²) in [5.74, 6) is 0.789. The second-order valence-electron chi connectivity index (χ2n) is 3.51. The Morgan fingerprint density at radius 1 is 1.11 bits per heavy atom. The lowest BCUT2D eigenvalue weighted by atomic mass is 10.2. The molecule has 0 aliphatic carbocycles. The van der Waals surface area contributed by atoms with Crippen LogP contribution in [0.15, 0.2) is 36.4 Å². The number of hydrogen-bond donors (Lipinski definition) is 1. The normalized spacial score (nSPS) is 9.83. The zero-order valence-electron chi connectivity index (χ0n) is 9.15. The molecule has 0 atom stereocenters. The first-order chi connectivity index (χ1) is 8.61. The van der Waals surface area contributed by atoms with Crippen molar-refractivity contribution in [3.05, 3.63) is 52.0 Å². The fraction of sp³-hybridized carbons (Fsp3) is 0. The molecule has 0 saturated carbocycles. The molecule has 2 aromatic carbocycles. The van der Waals surface area contributed by atoms with E-state index in [4.69, 9.17) is 38.9 Å². The Morgan fingerprint density at radius 2 is 1.89 bits per heavy atom. The summed E-state index contributed by atoms with van der Waals surface area (Å²) in [6.45, 7) is 0. The van der Waals surface area contributed by atoms with Gasteiger partial charge in [-0.1, -0.05) is 29.3 Å². The van der Waals surface area contributed by atoms with E-state index in [0.717, 1.165) is 0 Å². The predicted molar refractivity (Wildman–Crippen MR) is 72.1 cm³/mol. The van der Waals surface area contributed by atoms with E-state index in [2.05, 4.69) is 0 Å². The molecule has 0 saturated heterocycles. The number of rotatable bonds is 2. The van der Waals surface area contributed by atoms with E-state index in [1.807, 2.05) is 6.07 Å². The van der Waals surface area contributed by atoms with E-state index in [9.17, 15) is 0 Å². The van der Waals surface area contributed by atoms with Gasteiger partial charge >= 0.3 is 0 Å². The van der Waals surface area contributed by atoms with Gasteiger partial charge < -0.3 is 10.5 Å². The molecule has 2 rings (SSSR count). The Kier molecular flexibility index (Phi) is 3.61. The number of nitrogens with two attached hydrogens (primary N) is 1. The van der Waals surface area contributed by atoms with Gasteiger partial charge in [-0.05, 0) is 30.3 Å². The van der Waals surface area contributed by atoms with Crippen LogP contribution in [-0.4, -0.2) is 0 Å². The molecule has 5 heteroatoms. The highest BCUT2D eigenvalue weighted by atomic mass is 35.5. The summed E-state index contributed by atoms with van der Waals surface area (Å²) in [4.78, 5) is 0. The van der Waals surface area contributed by atoms with Crippen molar-refractivity contribution in [3.63, 3.8) is 0 Å². The van der Waals surface area contributed by atoms with Crippen LogP contribution in [0.1, 0.15) is 5.56 Å². The second-order valence-corrected chi connectivity index (χ2v) is 4.35. The maximum atomic E-state index is 9.02. The second kappa shape index (κ2) is 5.18. The molecule has 0 aliphatic rings. The van der Waals surface area contributed by atoms with Gasteiger partial charge in [0, 0.05) is 5.02 Å². The molecule has 0 aromatic heterocycles. The third kappa shape index (κ3) is 2.51. The average molecular weight is 279 g/mol. The minimum absolute atomic E-state index is 0.272. The topological polar surface area (TPSA) is 59.0 Å². The Labute approximate surface area is 114 Å². The number of halogens is 2. The van der Waals surface area contributed by atoms with Gasteiger partial charge in [-0.3, -0.25) is 0 Å². The van der Waals surface area contributed by atoms with E-state index in [-0.39, 0.29) is 5.56 Å². The lowest BCUT2D eigenvalue weighted by molar-refractivity contribution is 0.483. The van der Waals surface area contributed by atoms with Gasteiger partial charge in [-0.15, -0.1) is 0 Å². The minimum Gasteiger partial charge on any atom is -0.454 e. The third-order valence-corrected chi connectivity index (χ3v) is 2.83. The molecule has 0 heterocycles. The summed E-state index contributed by atoms with van der Waals surface area (Å²) in [5, 5.41) is 9.88. The van der Waals surface area contributed by atoms with Crippen molar-refractivity contribution in [1.29, 1.82) is 5.26 Å². The molecule has 0 aliphatic heterocycles. The fourth-order valence-electron chi connectivity index (χ4n) is 1.43. The zero-order chi connectivity index (χ0) is 13.1. The molecule has 0 fully saturated rings. The number of benzene rings is 2. The summed E-state index contributed by atoms with van der Waals surface area (Å²) in [7, 11) is 0. The quantitative estimate of drug-likeness (QED) is 0.836. The van der Waals surface area contributed by atoms with Gasteiger partial charge in [0.15, 0.2) is 0 Å². The molecule has 90 valence electrons. The van der Waals surface area contributed by atoms with Crippen molar-refractivity contribution in [2.24, 2.45) is 0 Å². The van der Waals surface area contributed by atoms with E-state index in [1.54, 1.807) is 36.4 Å². The molecule has 2 N–H and O–H groups in total. The largest absolute Gasteiger partial charge is 0.454 e. The molecule has 2 aromatic rings. The van der Waals surface area contributed by atoms with Crippen molar-refractivity contribution < 1.29 is 4.74 Å². The van der Waals surface area contributed by atoms with E-state index in [1.165, 1.54) is 0 Å². The van der Waals surface area contributed by atoms with Crippen molar-refractivity contribution >= 4 is 28.9 Å². The van der Waals surface area contributed by atoms with Crippen LogP contribution in [0.5, 0.6) is 11.5 Å². The first-order valence-electron chi connectivity index (χ1n) is 5.03. The van der Waals surface area contributed by atoms with Crippen LogP contribution in [0.3, 0.4) is 0 Å². The number of anilines is 1. The summed E-state index contributed by atoms with van der Waals surface area (Å²) in [6.07, 6.45) is 0. The molecular formula is C13H8Cl2N2O. The number of nitrogen functional groups attached to an aromatic ring is 1. The highest BCUT2D eigenvalue weighted by molar-refractivity contribution is 6.32. The van der Waals surface area contributed by atoms with Gasteiger partial charge in [-0.2, -0.15) is 5.26 Å². The smallest absolute Gasteiger partial charge is 0.150 e. The predicted octanol–water partition coefficient (Wildman–Crippen LogP) is 4.24. The number of hydrogen-bond acceptors (Lipinski definition) is 3. The number of ether oxygens (including phenoxy) is 1. The summed E-state index contributed by atoms with van der Waals surface area (Å²) in [6, 6.07) is 11.8. The summed E-state index contributed by atoms with van der Waals surface area (Å²) >= 11 is 11.7. The molecule has 18 heavy (non-hydrogen) atoms. The first kappa shape index (κ1) is 12.6. The highest BCUT2D eigenvalue weighted by Gasteiger charge is 2.10. The summed E-state index contributed by atoms with van der Waals surface area (Å²) < 4.78 is 5.58. The molecule has 0 radical (unpaired) electrons. The van der Waals surface area contributed by atoms with Crippen LogP contribution in [0.2, 0.25) is 10.0 Å². The van der Waals surface area contributed by atoms with Gasteiger partial charge in [0.2, 0.25) is 0 Å². The van der Waals surface area contributed by atoms with E-state index >= 15 is 0 Å². The maximum absolute atomic E-state index is 9.02. The number of nitrogens with zero attached hydrogens (tertiary/aromatic N) is 1. The minimum atomic E-state index is 0.272. The molecule has 0 bridgehead atoms. The van der Waals surface area contributed by atoms with Crippen LogP contribution in [-0.2, 0) is 0 Å². The monoisotopic (exact) mass is 278 g/mol. The van der Waals surface area contributed by atoms with Gasteiger partial charge in [0.1, 0.15) is 23.1 Å². The zero-order valence-corrected chi connectivity index (χ0v) is 10.7. The molecule has 0 spiro atoms. The van der Waals surface area contributed by atoms with Crippen molar-refractivity contribution in [2.75, 3.05) is 5.73 Å². The number of nitriles is 1. The maximum Gasteiger partial charge on any atom is 0.150 e. The van der Waals surface area contributed by atoms with Gasteiger partial charge in [-0.25, -0.2) is 0 Å². The van der Waals surface area contributed by atoms with Crippen LogP contribution in [0.4, 0.5) is 5.69 Å². The van der Waals surface area contributed by atoms with Crippen molar-refractivity contribution in [1.82, 2.24) is 0 Å². The molecular weight excluding hydrogens is 271 g/mol. The highest BCUT2D eigenvalue weighted by Crippen LogP contribution is 2.33. The Morgan fingerprint density at radius 3 is 2.56 bits per heavy atom. The SMILES string of the molecule is N#Cc1c(Cl)cccc1Oc1ccc(Cl)cc1N. The Balaban J connectivity index is 2.41. The molecule has 0 unspecified atom stereocenters. The Bertz CT molecular complexity index is 635. The first-order valence-corrected chi connectivity index (χ1v) is 5.79. The van der Waals surface area contributed by atoms with Crippen LogP contribution in [0, 0.1) is 11.3 Å². The lowest BCUT2D eigenvalue weighted by Crippen LogP contribution is -1.94. The average Bonchev–Trinajstić information content (AvgIpc) is 2.33. The molecule has 3 nitrogen and oxygen atoms in total. The van der Waals surface area contributed by atoms with Crippen LogP contribution in [0.25, 0.3) is 0 Å². The third-order valence-electron chi connectivity index (χ3n) is 2.28. The van der Waals surface area contributed by atoms with Crippen molar-refractivity contribution in [3.8, 4) is 17.6 Å². The van der Waals surface area contributed by atoms with E-state index < -0.39 is 0 Å². The van der Waals surface area contributed by atoms with Crippen molar-refractivity contribution in [2.45, 2.75) is 0 Å². The molecule has 0 amide bonds. The van der Waals surface area contributed by atoms with Crippen LogP contribution >= 0.6 is 23.2 Å². The van der Waals surface area contributed by atoms with Gasteiger partial charge in [0.25, 0.3) is 0 Å². The standard InChI is InChI=1S/C13H8Cl2N2O/c14-8-4-5-13(11(17)6-8)18-12-3-1-2-10(15)9(12)7-16/h1-6H,17H2. The fourth-order valence-corrected chi connectivity index (χ4v) is 1.82. The van der Waals surface area contributed by atoms with Crippen LogP contribution < -0.4 is 10.5 Å². The van der Waals surface area contributed by atoms with Gasteiger partial charge in [0.05, 0.1) is 10.7 Å². The lowest BCUT2D eigenvalue weighted by Gasteiger charge is -2.10. The summed E-state index contributed by atoms with van der Waals surface area (Å²) in [5.41, 5.74) is 6.44. The Hall–Kier alpha value is -1.89. The van der Waals surface area contributed by atoms with E-state index in [0.29, 0.717) is 27.2 Å².